The van der Waals surface area contributed by atoms with E-state index in [-0.39, 0.29) is 23.5 Å². The van der Waals surface area contributed by atoms with E-state index < -0.39 is 0 Å². The minimum Gasteiger partial charge on any atom is -0.490 e. The molecule has 1 spiro atoms. The van der Waals surface area contributed by atoms with E-state index in [1.807, 2.05) is 25.3 Å². The molecule has 1 amide bonds. The zero-order valence-electron chi connectivity index (χ0n) is 32.8. The fourth-order valence-corrected chi connectivity index (χ4v) is 10.4. The van der Waals surface area contributed by atoms with Crippen molar-refractivity contribution >= 4 is 40.4 Å². The molecule has 6 heterocycles. The van der Waals surface area contributed by atoms with Gasteiger partial charge in [-0.25, -0.2) is 0 Å². The lowest BCUT2D eigenvalue weighted by atomic mass is 9.58. The van der Waals surface area contributed by atoms with Gasteiger partial charge in [0, 0.05) is 53.3 Å². The van der Waals surface area contributed by atoms with E-state index in [0.717, 1.165) is 103 Å². The van der Waals surface area contributed by atoms with Crippen molar-refractivity contribution in [3.8, 4) is 28.7 Å². The minimum absolute atomic E-state index is 0.0330. The highest BCUT2D eigenvalue weighted by molar-refractivity contribution is 7.15. The van der Waals surface area contributed by atoms with Gasteiger partial charge in [-0.05, 0) is 120 Å². The lowest BCUT2D eigenvalue weighted by molar-refractivity contribution is 0.0684. The Morgan fingerprint density at radius 3 is 2.62 bits per heavy atom. The maximum absolute atomic E-state index is 13.1. The summed E-state index contributed by atoms with van der Waals surface area (Å²) < 4.78 is 8.23. The number of rotatable bonds is 6. The van der Waals surface area contributed by atoms with Crippen LogP contribution in [-0.4, -0.2) is 66.8 Å². The Bertz CT molecular complexity index is 2510. The van der Waals surface area contributed by atoms with Crippen molar-refractivity contribution in [2.24, 2.45) is 16.3 Å². The summed E-state index contributed by atoms with van der Waals surface area (Å²) in [5, 5.41) is 31.3. The van der Waals surface area contributed by atoms with Crippen molar-refractivity contribution in [2.45, 2.75) is 90.8 Å². The van der Waals surface area contributed by atoms with E-state index in [4.69, 9.17) is 31.6 Å². The van der Waals surface area contributed by atoms with E-state index in [9.17, 15) is 4.79 Å². The number of aryl methyl sites for hydroxylation is 2. The van der Waals surface area contributed by atoms with Crippen LogP contribution in [-0.2, 0) is 6.54 Å². The molecule has 1 saturated heterocycles. The lowest BCUT2D eigenvalue weighted by Gasteiger charge is -2.51. The molecule has 0 bridgehead atoms. The second kappa shape index (κ2) is 15.6. The summed E-state index contributed by atoms with van der Waals surface area (Å²) in [6.07, 6.45) is 9.50. The summed E-state index contributed by atoms with van der Waals surface area (Å²) in [4.78, 5) is 26.5. The molecule has 1 N–H and O–H groups in total. The van der Waals surface area contributed by atoms with Gasteiger partial charge in [0.05, 0.1) is 28.1 Å². The summed E-state index contributed by atoms with van der Waals surface area (Å²) in [6, 6.07) is 15.0. The van der Waals surface area contributed by atoms with Crippen molar-refractivity contribution in [2.75, 3.05) is 18.0 Å². The minimum atomic E-state index is -0.205. The monoisotopic (exact) mass is 810 g/mol. The summed E-state index contributed by atoms with van der Waals surface area (Å²) in [5.74, 6) is 10.3. The molecule has 9 rings (SSSR count). The van der Waals surface area contributed by atoms with Gasteiger partial charge in [-0.2, -0.15) is 5.26 Å². The van der Waals surface area contributed by atoms with Gasteiger partial charge >= 0.3 is 0 Å². The molecule has 0 radical (unpaired) electrons. The number of ether oxygens (including phenoxy) is 1. The van der Waals surface area contributed by atoms with E-state index in [2.05, 4.69) is 73.0 Å². The number of halogens is 1. The van der Waals surface area contributed by atoms with E-state index >= 15 is 0 Å². The lowest BCUT2D eigenvalue weighted by Crippen LogP contribution is -2.50. The van der Waals surface area contributed by atoms with Crippen LogP contribution >= 0.6 is 22.9 Å². The zero-order chi connectivity index (χ0) is 40.0. The molecule has 2 aliphatic carbocycles. The second-order valence-electron chi connectivity index (χ2n) is 16.1. The first-order chi connectivity index (χ1) is 28.1. The van der Waals surface area contributed by atoms with Gasteiger partial charge in [0.15, 0.2) is 17.3 Å². The van der Waals surface area contributed by atoms with Gasteiger partial charge in [-0.1, -0.05) is 23.4 Å². The highest BCUT2D eigenvalue weighted by Gasteiger charge is 2.46. The molecule has 12 nitrogen and oxygen atoms in total. The number of nitrogens with one attached hydrogen (secondary N) is 1. The molecule has 58 heavy (non-hydrogen) atoms. The van der Waals surface area contributed by atoms with Crippen LogP contribution < -0.4 is 15.0 Å². The number of anilines is 1. The number of hydrogen-bond acceptors (Lipinski definition) is 11. The number of nitrogens with zero attached hydrogens (tertiary/aromatic N) is 9. The molecule has 5 aromatic rings. The third-order valence-corrected chi connectivity index (χ3v) is 13.6. The van der Waals surface area contributed by atoms with Crippen LogP contribution in [0.3, 0.4) is 0 Å². The molecule has 0 atom stereocenters. The molecule has 4 aliphatic rings. The molecule has 14 heteroatoms. The Morgan fingerprint density at radius 1 is 1.03 bits per heavy atom. The summed E-state index contributed by atoms with van der Waals surface area (Å²) in [5.41, 5.74) is 5.92. The van der Waals surface area contributed by atoms with Crippen molar-refractivity contribution in [1.82, 2.24) is 35.3 Å². The second-order valence-corrected chi connectivity index (χ2v) is 17.7. The molecule has 294 valence electrons. The largest absolute Gasteiger partial charge is 0.490 e. The highest BCUT2D eigenvalue weighted by atomic mass is 35.5. The molecule has 2 saturated carbocycles. The molecule has 2 aliphatic heterocycles. The fourth-order valence-electron chi connectivity index (χ4n) is 8.93. The number of benzene rings is 1. The van der Waals surface area contributed by atoms with Crippen LogP contribution in [0, 0.1) is 55.3 Å². The third kappa shape index (κ3) is 7.45. The number of thiophene rings is 1. The number of amides is 1. The highest BCUT2D eigenvalue weighted by Crippen LogP contribution is 2.51. The molecule has 3 fully saturated rings. The topological polar surface area (TPSA) is 147 Å². The van der Waals surface area contributed by atoms with Gasteiger partial charge in [0.25, 0.3) is 5.91 Å². The molecular weight excluding hydrogens is 768 g/mol. The van der Waals surface area contributed by atoms with Crippen LogP contribution in [0.25, 0.3) is 5.00 Å². The van der Waals surface area contributed by atoms with Crippen LogP contribution in [0.4, 0.5) is 5.82 Å². The first-order valence-corrected chi connectivity index (χ1v) is 21.1. The average molecular weight is 811 g/mol. The Kier molecular flexibility index (Phi) is 10.2. The number of pyridine rings is 1. The Labute approximate surface area is 346 Å². The van der Waals surface area contributed by atoms with E-state index in [0.29, 0.717) is 34.5 Å². The number of carbonyl (C=O) groups excluding carboxylic acids is 1. The molecular formula is C44H43ClN10O2S. The van der Waals surface area contributed by atoms with Crippen LogP contribution in [0.5, 0.6) is 5.75 Å². The Hall–Kier alpha value is -5.63. The number of hydrogen-bond donors (Lipinski definition) is 1. The predicted octanol–water partition coefficient (Wildman–Crippen LogP) is 7.48. The number of carbonyl (C=O) groups is 1. The van der Waals surface area contributed by atoms with Gasteiger partial charge in [0.2, 0.25) is 0 Å². The van der Waals surface area contributed by atoms with Gasteiger partial charge in [0.1, 0.15) is 29.2 Å². The number of aliphatic imine (C=N–C) groups is 1. The average Bonchev–Trinajstić information content (AvgIpc) is 3.68. The Morgan fingerprint density at radius 2 is 1.88 bits per heavy atom. The summed E-state index contributed by atoms with van der Waals surface area (Å²) >= 11 is 7.91. The summed E-state index contributed by atoms with van der Waals surface area (Å²) in [6.45, 7) is 8.57. The van der Waals surface area contributed by atoms with Crippen LogP contribution in [0.1, 0.15) is 106 Å². The van der Waals surface area contributed by atoms with Crippen molar-refractivity contribution < 1.29 is 9.53 Å². The zero-order valence-corrected chi connectivity index (χ0v) is 34.3. The number of aromatic nitrogens is 6. The van der Waals surface area contributed by atoms with E-state index in [1.165, 1.54) is 16.9 Å². The predicted molar refractivity (Wildman–Crippen MR) is 223 cm³/mol. The maximum Gasteiger partial charge on any atom is 0.272 e. The van der Waals surface area contributed by atoms with Crippen molar-refractivity contribution in [3.63, 3.8) is 0 Å². The van der Waals surface area contributed by atoms with Gasteiger partial charge in [-0.3, -0.25) is 19.3 Å². The summed E-state index contributed by atoms with van der Waals surface area (Å²) in [7, 11) is 0. The van der Waals surface area contributed by atoms with Gasteiger partial charge in [-0.15, -0.1) is 31.7 Å². The first kappa shape index (κ1) is 37.9. The standard InChI is InChI=1S/C44H43ClN10O2S/c1-26-27(2)58-43-40(26)41(48-24-39-53-50-28(3)55(39)43)36-14-7-29(23-47-36)5-6-30-20-44(21-30)17-4-18-54(25-44)38-16-15-37(51-52-38)42(56)49-32-9-12-33(13-10-32)57-34-11-8-31(22-46)35(45)19-34/h7-8,11,14-16,19,23,30,32-33H,4,9-10,12-13,17-18,20-21,24-25H2,1-3H3,(H,49,56)/t30?,32-,33-,44?. The Balaban J connectivity index is 0.764. The normalized spacial score (nSPS) is 22.3. The smallest absolute Gasteiger partial charge is 0.272 e. The molecule has 4 aromatic heterocycles. The van der Waals surface area contributed by atoms with E-state index in [1.54, 1.807) is 35.6 Å². The molecule has 1 aromatic carbocycles. The van der Waals surface area contributed by atoms with Crippen LogP contribution in [0.2, 0.25) is 5.02 Å². The quantitative estimate of drug-likeness (QED) is 0.173. The van der Waals surface area contributed by atoms with Gasteiger partial charge < -0.3 is 15.0 Å². The van der Waals surface area contributed by atoms with Crippen molar-refractivity contribution in [1.29, 1.82) is 5.26 Å². The third-order valence-electron chi connectivity index (χ3n) is 12.1. The number of fused-ring (bicyclic) bond motifs is 3. The number of nitriles is 1. The SMILES string of the molecule is Cc1sc2c(c1C)C(c1ccc(C#CC3CC4(CCCN(c5ccc(C(=O)N[C@H]6CC[C@H](Oc7ccc(C#N)c(Cl)c7)CC6)nn5)C4)C3)cn1)=NCc1nnc(C)n1-2. The maximum atomic E-state index is 13.1. The first-order valence-electron chi connectivity index (χ1n) is 20.0. The number of piperidine rings is 1. The van der Waals surface area contributed by atoms with Crippen LogP contribution in [0.15, 0.2) is 53.7 Å². The van der Waals surface area contributed by atoms with Crippen molar-refractivity contribution in [3.05, 3.63) is 104 Å². The molecule has 0 unspecified atom stereocenters. The fraction of sp³-hybridized carbons (Fsp3) is 0.409.